The maximum atomic E-state index is 12.7. The van der Waals surface area contributed by atoms with Crippen LogP contribution in [0.1, 0.15) is 31.2 Å². The Balaban J connectivity index is 1.75. The molecule has 0 aliphatic heterocycles. The average Bonchev–Trinajstić information content (AvgIpc) is 2.72. The predicted molar refractivity (Wildman–Crippen MR) is 119 cm³/mol. The number of nitrogens with zero attached hydrogens (tertiary/aromatic N) is 2. The molecule has 0 spiro atoms. The van der Waals surface area contributed by atoms with Gasteiger partial charge in [-0.15, -0.1) is 0 Å². The van der Waals surface area contributed by atoms with Gasteiger partial charge in [0, 0.05) is 0 Å². The number of H-pyrrole nitrogens is 1. The number of aromatic amines is 1. The molecule has 3 aromatic rings. The lowest BCUT2D eigenvalue weighted by Crippen LogP contribution is -2.34. The SMILES string of the molecule is CCCCN(CC(=O)Nc1cc(C)ccc1OC)Cc1nc2ccccc2c(=O)[nH]1. The molecular formula is C23H28N4O3. The second kappa shape index (κ2) is 10.0. The lowest BCUT2D eigenvalue weighted by Gasteiger charge is -2.21. The zero-order chi connectivity index (χ0) is 21.5. The number of carbonyl (C=O) groups excluding carboxylic acids is 1. The zero-order valence-corrected chi connectivity index (χ0v) is 17.7. The number of fused-ring (bicyclic) bond motifs is 1. The van der Waals surface area contributed by atoms with Crippen molar-refractivity contribution in [3.8, 4) is 5.75 Å². The van der Waals surface area contributed by atoms with Gasteiger partial charge in [-0.1, -0.05) is 31.5 Å². The van der Waals surface area contributed by atoms with E-state index in [2.05, 4.69) is 22.2 Å². The van der Waals surface area contributed by atoms with E-state index >= 15 is 0 Å². The van der Waals surface area contributed by atoms with Crippen LogP contribution >= 0.6 is 0 Å². The second-order valence-electron chi connectivity index (χ2n) is 7.35. The number of rotatable bonds is 9. The van der Waals surface area contributed by atoms with Gasteiger partial charge in [-0.05, 0) is 49.7 Å². The van der Waals surface area contributed by atoms with Crippen LogP contribution in [0.25, 0.3) is 10.9 Å². The highest BCUT2D eigenvalue weighted by Gasteiger charge is 2.15. The van der Waals surface area contributed by atoms with E-state index < -0.39 is 0 Å². The van der Waals surface area contributed by atoms with E-state index in [0.29, 0.717) is 34.7 Å². The van der Waals surface area contributed by atoms with E-state index in [1.54, 1.807) is 13.2 Å². The quantitative estimate of drug-likeness (QED) is 0.566. The van der Waals surface area contributed by atoms with Crippen molar-refractivity contribution in [1.82, 2.24) is 14.9 Å². The summed E-state index contributed by atoms with van der Waals surface area (Å²) in [6.45, 7) is 5.37. The highest BCUT2D eigenvalue weighted by Crippen LogP contribution is 2.25. The standard InChI is InChI=1S/C23H28N4O3/c1-4-5-12-27(14-21-24-18-9-7-6-8-17(18)23(29)26-21)15-22(28)25-19-13-16(2)10-11-20(19)30-3/h6-11,13H,4-5,12,14-15H2,1-3H3,(H,25,28)(H,24,26,29). The van der Waals surface area contributed by atoms with E-state index in [4.69, 9.17) is 4.74 Å². The Labute approximate surface area is 176 Å². The summed E-state index contributed by atoms with van der Waals surface area (Å²) < 4.78 is 5.34. The molecule has 30 heavy (non-hydrogen) atoms. The van der Waals surface area contributed by atoms with Crippen molar-refractivity contribution in [2.24, 2.45) is 0 Å². The normalized spacial score (nSPS) is 11.1. The van der Waals surface area contributed by atoms with Gasteiger partial charge in [0.25, 0.3) is 5.56 Å². The fourth-order valence-corrected chi connectivity index (χ4v) is 3.33. The third-order valence-corrected chi connectivity index (χ3v) is 4.86. The minimum absolute atomic E-state index is 0.141. The Morgan fingerprint density at radius 1 is 1.23 bits per heavy atom. The number of nitrogens with one attached hydrogen (secondary N) is 2. The molecule has 2 aromatic carbocycles. The van der Waals surface area contributed by atoms with Crippen LogP contribution in [0, 0.1) is 6.92 Å². The Morgan fingerprint density at radius 3 is 2.80 bits per heavy atom. The molecule has 158 valence electrons. The topological polar surface area (TPSA) is 87.3 Å². The molecule has 1 amide bonds. The number of amides is 1. The Hall–Kier alpha value is -3.19. The number of aromatic nitrogens is 2. The van der Waals surface area contributed by atoms with Gasteiger partial charge in [0.2, 0.25) is 5.91 Å². The Morgan fingerprint density at radius 2 is 2.03 bits per heavy atom. The summed E-state index contributed by atoms with van der Waals surface area (Å²) in [7, 11) is 1.58. The molecule has 3 rings (SSSR count). The van der Waals surface area contributed by atoms with Crippen molar-refractivity contribution < 1.29 is 9.53 Å². The minimum Gasteiger partial charge on any atom is -0.495 e. The number of carbonyl (C=O) groups is 1. The van der Waals surface area contributed by atoms with E-state index in [1.807, 2.05) is 48.2 Å². The highest BCUT2D eigenvalue weighted by molar-refractivity contribution is 5.93. The van der Waals surface area contributed by atoms with Gasteiger partial charge >= 0.3 is 0 Å². The van der Waals surface area contributed by atoms with Gasteiger partial charge < -0.3 is 15.0 Å². The van der Waals surface area contributed by atoms with Crippen molar-refractivity contribution in [2.75, 3.05) is 25.5 Å². The van der Waals surface area contributed by atoms with Crippen LogP contribution in [0.2, 0.25) is 0 Å². The monoisotopic (exact) mass is 408 g/mol. The van der Waals surface area contributed by atoms with E-state index in [1.165, 1.54) is 0 Å². The number of aryl methyl sites for hydroxylation is 1. The highest BCUT2D eigenvalue weighted by atomic mass is 16.5. The fraction of sp³-hybridized carbons (Fsp3) is 0.348. The van der Waals surface area contributed by atoms with Crippen molar-refractivity contribution >= 4 is 22.5 Å². The van der Waals surface area contributed by atoms with Gasteiger partial charge in [0.1, 0.15) is 11.6 Å². The zero-order valence-electron chi connectivity index (χ0n) is 17.7. The lowest BCUT2D eigenvalue weighted by molar-refractivity contribution is -0.117. The average molecular weight is 409 g/mol. The summed E-state index contributed by atoms with van der Waals surface area (Å²) >= 11 is 0. The molecule has 2 N–H and O–H groups in total. The van der Waals surface area contributed by atoms with Crippen LogP contribution in [0.3, 0.4) is 0 Å². The largest absolute Gasteiger partial charge is 0.495 e. The number of benzene rings is 2. The summed E-state index contributed by atoms with van der Waals surface area (Å²) in [5.74, 6) is 1.03. The molecule has 0 radical (unpaired) electrons. The molecule has 0 aliphatic carbocycles. The molecule has 7 heteroatoms. The molecule has 0 aliphatic rings. The summed E-state index contributed by atoms with van der Waals surface area (Å²) in [4.78, 5) is 34.5. The number of hydrogen-bond donors (Lipinski definition) is 2. The van der Waals surface area contributed by atoms with Gasteiger partial charge in [0.15, 0.2) is 0 Å². The van der Waals surface area contributed by atoms with Crippen molar-refractivity contribution in [3.63, 3.8) is 0 Å². The van der Waals surface area contributed by atoms with Gasteiger partial charge in [-0.2, -0.15) is 0 Å². The smallest absolute Gasteiger partial charge is 0.258 e. The molecule has 7 nitrogen and oxygen atoms in total. The van der Waals surface area contributed by atoms with Crippen LogP contribution in [-0.4, -0.2) is 41.0 Å². The predicted octanol–water partition coefficient (Wildman–Crippen LogP) is 3.48. The summed E-state index contributed by atoms with van der Waals surface area (Å²) in [6.07, 6.45) is 1.95. The first-order valence-electron chi connectivity index (χ1n) is 10.1. The lowest BCUT2D eigenvalue weighted by atomic mass is 10.2. The number of anilines is 1. The van der Waals surface area contributed by atoms with Crippen LogP contribution in [0.15, 0.2) is 47.3 Å². The maximum Gasteiger partial charge on any atom is 0.258 e. The molecule has 0 unspecified atom stereocenters. The molecule has 1 heterocycles. The molecule has 0 atom stereocenters. The van der Waals surface area contributed by atoms with Crippen LogP contribution in [0.4, 0.5) is 5.69 Å². The number of ether oxygens (including phenoxy) is 1. The summed E-state index contributed by atoms with van der Waals surface area (Å²) in [5.41, 5.74) is 2.17. The molecule has 0 saturated carbocycles. The van der Waals surface area contributed by atoms with Crippen molar-refractivity contribution in [2.45, 2.75) is 33.2 Å². The fourth-order valence-electron chi connectivity index (χ4n) is 3.33. The minimum atomic E-state index is -0.167. The first-order chi connectivity index (χ1) is 14.5. The van der Waals surface area contributed by atoms with Crippen molar-refractivity contribution in [3.05, 3.63) is 64.2 Å². The molecule has 0 fully saturated rings. The van der Waals surface area contributed by atoms with Crippen molar-refractivity contribution in [1.29, 1.82) is 0 Å². The van der Waals surface area contributed by atoms with E-state index in [9.17, 15) is 9.59 Å². The Bertz CT molecular complexity index is 1080. The molecule has 0 bridgehead atoms. The number of methoxy groups -OCH3 is 1. The van der Waals surface area contributed by atoms with E-state index in [-0.39, 0.29) is 18.0 Å². The number of para-hydroxylation sites is 1. The van der Waals surface area contributed by atoms with Gasteiger partial charge in [0.05, 0.1) is 36.8 Å². The molecule has 0 saturated heterocycles. The van der Waals surface area contributed by atoms with Gasteiger partial charge in [-0.25, -0.2) is 4.98 Å². The maximum absolute atomic E-state index is 12.7. The third-order valence-electron chi connectivity index (χ3n) is 4.86. The van der Waals surface area contributed by atoms with Crippen LogP contribution in [0.5, 0.6) is 5.75 Å². The van der Waals surface area contributed by atoms with Crippen LogP contribution < -0.4 is 15.6 Å². The molecule has 1 aromatic heterocycles. The van der Waals surface area contributed by atoms with E-state index in [0.717, 1.165) is 24.9 Å². The molecular weight excluding hydrogens is 380 g/mol. The van der Waals surface area contributed by atoms with Crippen LogP contribution in [-0.2, 0) is 11.3 Å². The third kappa shape index (κ3) is 5.45. The number of unbranched alkanes of at least 4 members (excludes halogenated alkanes) is 1. The van der Waals surface area contributed by atoms with Gasteiger partial charge in [-0.3, -0.25) is 14.5 Å². The second-order valence-corrected chi connectivity index (χ2v) is 7.35. The summed E-state index contributed by atoms with van der Waals surface area (Å²) in [5, 5.41) is 3.50. The number of hydrogen-bond acceptors (Lipinski definition) is 5. The first kappa shape index (κ1) is 21.5. The Kier molecular flexibility index (Phi) is 7.19. The first-order valence-corrected chi connectivity index (χ1v) is 10.1. The summed E-state index contributed by atoms with van der Waals surface area (Å²) in [6, 6.07) is 12.9.